The zero-order valence-electron chi connectivity index (χ0n) is 13.2. The van der Waals surface area contributed by atoms with E-state index in [0.717, 1.165) is 23.0 Å². The molecule has 0 saturated carbocycles. The molecule has 0 aliphatic rings. The number of hydrogen-bond donors (Lipinski definition) is 2. The maximum atomic E-state index is 12.9. The maximum absolute atomic E-state index is 12.9. The molecule has 4 rings (SSSR count). The Morgan fingerprint density at radius 1 is 1.04 bits per heavy atom. The Balaban J connectivity index is 1.74. The number of anilines is 2. The predicted octanol–water partition coefficient (Wildman–Crippen LogP) is 5.35. The Morgan fingerprint density at radius 3 is 2.62 bits per heavy atom. The van der Waals surface area contributed by atoms with Crippen molar-refractivity contribution in [1.29, 1.82) is 5.26 Å². The van der Waals surface area contributed by atoms with Gasteiger partial charge in [0.1, 0.15) is 5.82 Å². The lowest BCUT2D eigenvalue weighted by Crippen LogP contribution is -2.04. The van der Waals surface area contributed by atoms with E-state index in [1.54, 1.807) is 24.4 Å². The third-order valence-electron chi connectivity index (χ3n) is 4.08. The van der Waals surface area contributed by atoms with Crippen LogP contribution in [0, 0.1) is 11.3 Å². The molecule has 0 radical (unpaired) electrons. The fourth-order valence-electron chi connectivity index (χ4n) is 2.84. The van der Waals surface area contributed by atoms with Gasteiger partial charge in [-0.1, -0.05) is 6.07 Å². The van der Waals surface area contributed by atoms with E-state index in [1.165, 1.54) is 6.07 Å². The Hall–Kier alpha value is -3.53. The SMILES string of the molecule is N#Cc1cc(Nc2ccc3ccc(C(F)(F)F)cc3n2)cc2[nH]ccc12. The highest BCUT2D eigenvalue weighted by Crippen LogP contribution is 2.31. The summed E-state index contributed by atoms with van der Waals surface area (Å²) in [4.78, 5) is 7.30. The van der Waals surface area contributed by atoms with Gasteiger partial charge in [0.15, 0.2) is 0 Å². The first-order valence-corrected chi connectivity index (χ1v) is 7.70. The number of aromatic amines is 1. The predicted molar refractivity (Wildman–Crippen MR) is 93.0 cm³/mol. The van der Waals surface area contributed by atoms with Gasteiger partial charge in [0.05, 0.1) is 22.7 Å². The lowest BCUT2D eigenvalue weighted by atomic mass is 10.1. The van der Waals surface area contributed by atoms with Crippen molar-refractivity contribution >= 4 is 33.3 Å². The smallest absolute Gasteiger partial charge is 0.361 e. The number of nitriles is 1. The van der Waals surface area contributed by atoms with Crippen LogP contribution in [0.1, 0.15) is 11.1 Å². The van der Waals surface area contributed by atoms with Crippen LogP contribution in [0.4, 0.5) is 24.7 Å². The van der Waals surface area contributed by atoms with Crippen molar-refractivity contribution in [3.63, 3.8) is 0 Å². The van der Waals surface area contributed by atoms with E-state index in [4.69, 9.17) is 0 Å². The number of hydrogen-bond acceptors (Lipinski definition) is 3. The number of pyridine rings is 1. The molecule has 4 aromatic rings. The van der Waals surface area contributed by atoms with Gasteiger partial charge in [-0.05, 0) is 42.5 Å². The highest BCUT2D eigenvalue weighted by Gasteiger charge is 2.30. The Morgan fingerprint density at radius 2 is 1.85 bits per heavy atom. The zero-order chi connectivity index (χ0) is 18.3. The van der Waals surface area contributed by atoms with E-state index in [0.29, 0.717) is 22.5 Å². The summed E-state index contributed by atoms with van der Waals surface area (Å²) in [5.74, 6) is 0.395. The van der Waals surface area contributed by atoms with E-state index in [9.17, 15) is 18.4 Å². The summed E-state index contributed by atoms with van der Waals surface area (Å²) < 4.78 is 38.7. The van der Waals surface area contributed by atoms with Gasteiger partial charge >= 0.3 is 6.18 Å². The Kier molecular flexibility index (Phi) is 3.55. The van der Waals surface area contributed by atoms with Gasteiger partial charge in [-0.15, -0.1) is 0 Å². The van der Waals surface area contributed by atoms with Crippen LogP contribution in [0.25, 0.3) is 21.8 Å². The van der Waals surface area contributed by atoms with Crippen LogP contribution in [0.2, 0.25) is 0 Å². The fraction of sp³-hybridized carbons (Fsp3) is 0.0526. The highest BCUT2D eigenvalue weighted by molar-refractivity contribution is 5.89. The van der Waals surface area contributed by atoms with Crippen molar-refractivity contribution in [1.82, 2.24) is 9.97 Å². The molecular formula is C19H11F3N4. The van der Waals surface area contributed by atoms with Gasteiger partial charge in [-0.25, -0.2) is 4.98 Å². The van der Waals surface area contributed by atoms with E-state index < -0.39 is 11.7 Å². The molecule has 4 nitrogen and oxygen atoms in total. The monoisotopic (exact) mass is 352 g/mol. The summed E-state index contributed by atoms with van der Waals surface area (Å²) in [6, 6.07) is 14.3. The van der Waals surface area contributed by atoms with Gasteiger partial charge in [0.2, 0.25) is 0 Å². The van der Waals surface area contributed by atoms with Gasteiger partial charge in [-0.2, -0.15) is 18.4 Å². The number of halogens is 3. The Bertz CT molecular complexity index is 1170. The molecule has 2 aromatic heterocycles. The maximum Gasteiger partial charge on any atom is 0.416 e. The number of nitrogens with zero attached hydrogens (tertiary/aromatic N) is 2. The van der Waals surface area contributed by atoms with Crippen LogP contribution in [0.5, 0.6) is 0 Å². The molecule has 2 N–H and O–H groups in total. The largest absolute Gasteiger partial charge is 0.416 e. The van der Waals surface area contributed by atoms with Crippen molar-refractivity contribution in [2.75, 3.05) is 5.32 Å². The molecule has 0 spiro atoms. The van der Waals surface area contributed by atoms with E-state index >= 15 is 0 Å². The van der Waals surface area contributed by atoms with Crippen molar-refractivity contribution < 1.29 is 13.2 Å². The van der Waals surface area contributed by atoms with Gasteiger partial charge in [-0.3, -0.25) is 0 Å². The molecule has 7 heteroatoms. The van der Waals surface area contributed by atoms with Crippen LogP contribution < -0.4 is 5.32 Å². The molecule has 0 aliphatic heterocycles. The van der Waals surface area contributed by atoms with Crippen molar-refractivity contribution in [2.45, 2.75) is 6.18 Å². The second-order valence-corrected chi connectivity index (χ2v) is 5.80. The average molecular weight is 352 g/mol. The minimum absolute atomic E-state index is 0.242. The molecule has 128 valence electrons. The van der Waals surface area contributed by atoms with E-state index in [-0.39, 0.29) is 5.52 Å². The fourth-order valence-corrected chi connectivity index (χ4v) is 2.84. The topological polar surface area (TPSA) is 64.5 Å². The van der Waals surface area contributed by atoms with Crippen LogP contribution in [-0.2, 0) is 6.18 Å². The second kappa shape index (κ2) is 5.77. The first-order chi connectivity index (χ1) is 12.4. The zero-order valence-corrected chi connectivity index (χ0v) is 13.2. The van der Waals surface area contributed by atoms with Crippen molar-refractivity contribution in [3.8, 4) is 6.07 Å². The van der Waals surface area contributed by atoms with Crippen molar-refractivity contribution in [3.05, 3.63) is 65.9 Å². The number of fused-ring (bicyclic) bond motifs is 2. The van der Waals surface area contributed by atoms with Crippen LogP contribution >= 0.6 is 0 Å². The molecule has 26 heavy (non-hydrogen) atoms. The lowest BCUT2D eigenvalue weighted by molar-refractivity contribution is -0.137. The first kappa shape index (κ1) is 16.0. The molecule has 2 aromatic carbocycles. The van der Waals surface area contributed by atoms with E-state index in [1.807, 2.05) is 12.1 Å². The molecule has 2 heterocycles. The molecule has 0 unspecified atom stereocenters. The summed E-state index contributed by atoms with van der Waals surface area (Å²) >= 11 is 0. The molecule has 0 fully saturated rings. The molecule has 0 amide bonds. The minimum Gasteiger partial charge on any atom is -0.361 e. The lowest BCUT2D eigenvalue weighted by Gasteiger charge is -2.10. The number of aromatic nitrogens is 2. The molecule has 0 atom stereocenters. The summed E-state index contributed by atoms with van der Waals surface area (Å²) in [6.45, 7) is 0. The number of rotatable bonds is 2. The summed E-state index contributed by atoms with van der Waals surface area (Å²) in [5.41, 5.74) is 1.40. The number of nitrogens with one attached hydrogen (secondary N) is 2. The molecular weight excluding hydrogens is 341 g/mol. The van der Waals surface area contributed by atoms with Crippen LogP contribution in [0.15, 0.2) is 54.7 Å². The average Bonchev–Trinajstić information content (AvgIpc) is 3.08. The number of H-pyrrole nitrogens is 1. The highest BCUT2D eigenvalue weighted by atomic mass is 19.4. The first-order valence-electron chi connectivity index (χ1n) is 7.70. The number of benzene rings is 2. The summed E-state index contributed by atoms with van der Waals surface area (Å²) in [6.07, 6.45) is -2.68. The summed E-state index contributed by atoms with van der Waals surface area (Å²) in [7, 11) is 0. The third-order valence-corrected chi connectivity index (χ3v) is 4.08. The molecule has 0 aliphatic carbocycles. The van der Waals surface area contributed by atoms with Gasteiger partial charge < -0.3 is 10.3 Å². The van der Waals surface area contributed by atoms with Gasteiger partial charge in [0.25, 0.3) is 0 Å². The van der Waals surface area contributed by atoms with E-state index in [2.05, 4.69) is 21.4 Å². The van der Waals surface area contributed by atoms with Crippen LogP contribution in [-0.4, -0.2) is 9.97 Å². The Labute approximate surface area is 145 Å². The minimum atomic E-state index is -4.42. The normalized spacial score (nSPS) is 11.6. The second-order valence-electron chi connectivity index (χ2n) is 5.80. The van der Waals surface area contributed by atoms with Crippen LogP contribution in [0.3, 0.4) is 0 Å². The quantitative estimate of drug-likeness (QED) is 0.511. The standard InChI is InChI=1S/C19H11F3N4/c20-19(21,22)13-3-1-11-2-4-18(26-16(11)8-13)25-14-7-12(10-23)15-5-6-24-17(15)9-14/h1-9,24H,(H,25,26). The van der Waals surface area contributed by atoms with Gasteiger partial charge in [0, 0.05) is 28.2 Å². The molecule has 0 saturated heterocycles. The number of alkyl halides is 3. The third kappa shape index (κ3) is 2.82. The summed E-state index contributed by atoms with van der Waals surface area (Å²) in [5, 5.41) is 13.7. The molecule has 0 bridgehead atoms. The van der Waals surface area contributed by atoms with Crippen molar-refractivity contribution in [2.24, 2.45) is 0 Å².